The van der Waals surface area contributed by atoms with Crippen molar-refractivity contribution in [1.29, 1.82) is 0 Å². The lowest BCUT2D eigenvalue weighted by molar-refractivity contribution is -0.137. The number of amides is 1. The Morgan fingerprint density at radius 3 is 2.37 bits per heavy atom. The molecule has 1 saturated carbocycles. The van der Waals surface area contributed by atoms with Crippen LogP contribution in [0.4, 0.5) is 13.2 Å². The minimum Gasteiger partial charge on any atom is -0.381 e. The Morgan fingerprint density at radius 1 is 1.09 bits per heavy atom. The molecule has 0 unspecified atom stereocenters. The molecule has 2 heterocycles. The van der Waals surface area contributed by atoms with Crippen molar-refractivity contribution in [2.24, 2.45) is 5.92 Å². The highest BCUT2D eigenvalue weighted by Crippen LogP contribution is 2.33. The Morgan fingerprint density at radius 2 is 1.74 bits per heavy atom. The van der Waals surface area contributed by atoms with Gasteiger partial charge < -0.3 is 15.0 Å². The molecule has 0 radical (unpaired) electrons. The van der Waals surface area contributed by atoms with Crippen molar-refractivity contribution in [2.75, 3.05) is 20.3 Å². The first kappa shape index (κ1) is 27.1. The first-order chi connectivity index (χ1) is 16.7. The molecule has 2 aromatic rings. The molecule has 194 valence electrons. The van der Waals surface area contributed by atoms with Crippen molar-refractivity contribution < 1.29 is 22.7 Å². The molecular weight excluding hydrogens is 459 g/mol. The first-order valence-corrected chi connectivity index (χ1v) is 12.4. The third-order valence-electron chi connectivity index (χ3n) is 6.61. The van der Waals surface area contributed by atoms with Gasteiger partial charge in [0.05, 0.1) is 5.56 Å². The Bertz CT molecular complexity index is 930. The number of benzene rings is 1. The number of nitrogens with zero attached hydrogens (tertiary/aromatic N) is 4. The zero-order valence-electron chi connectivity index (χ0n) is 20.7. The predicted octanol–water partition coefficient (Wildman–Crippen LogP) is 4.60. The lowest BCUT2D eigenvalue weighted by Gasteiger charge is -2.35. The van der Waals surface area contributed by atoms with Gasteiger partial charge in [0.2, 0.25) is 5.91 Å². The minimum atomic E-state index is -4.49. The number of rotatable bonds is 6. The summed E-state index contributed by atoms with van der Waals surface area (Å²) in [7, 11) is 2.12. The molecule has 1 aliphatic carbocycles. The largest absolute Gasteiger partial charge is 0.416 e. The predicted molar refractivity (Wildman–Crippen MR) is 127 cm³/mol. The van der Waals surface area contributed by atoms with Crippen LogP contribution >= 0.6 is 0 Å². The van der Waals surface area contributed by atoms with Crippen molar-refractivity contribution in [3.05, 3.63) is 42.0 Å². The second kappa shape index (κ2) is 12.5. The van der Waals surface area contributed by atoms with E-state index in [1.54, 1.807) is 6.07 Å². The van der Waals surface area contributed by atoms with Crippen molar-refractivity contribution in [3.63, 3.8) is 0 Å². The van der Waals surface area contributed by atoms with Crippen LogP contribution in [0.2, 0.25) is 0 Å². The topological polar surface area (TPSA) is 72.3 Å². The molecule has 1 amide bonds. The molecule has 10 heteroatoms. The van der Waals surface area contributed by atoms with E-state index in [1.807, 2.05) is 0 Å². The number of aromatic nitrogens is 3. The molecular formula is C25H36F3N5O2. The van der Waals surface area contributed by atoms with Crippen molar-refractivity contribution in [2.45, 2.75) is 77.2 Å². The summed E-state index contributed by atoms with van der Waals surface area (Å²) in [5, 5.41) is 10.2. The fourth-order valence-electron chi connectivity index (χ4n) is 4.71. The maximum Gasteiger partial charge on any atom is 0.416 e. The number of hydrogen-bond acceptors (Lipinski definition) is 5. The Hall–Kier alpha value is -2.46. The van der Waals surface area contributed by atoms with Crippen molar-refractivity contribution >= 4 is 5.91 Å². The standard InChI is InChI=1S/C22H28F3N5O2.C3H8/c1-29(18-4-6-32-7-5-18)19-3-2-16(10-19)21(31)26-12-15-8-17(22(23,24)25)11-20(9-15)30-13-27-28-14-30;1-3-2/h8-9,11,13-14,16,18-19H,2-7,10,12H2,1H3,(H,26,31);3H2,1-2H3/t16-,19+;/m0./s1. The van der Waals surface area contributed by atoms with Gasteiger partial charge in [-0.2, -0.15) is 13.2 Å². The number of carbonyl (C=O) groups excluding carboxylic acids is 1. The van der Waals surface area contributed by atoms with Gasteiger partial charge in [-0.05, 0) is 62.9 Å². The number of nitrogens with one attached hydrogen (secondary N) is 1. The normalized spacial score (nSPS) is 21.0. The second-order valence-electron chi connectivity index (χ2n) is 9.35. The molecule has 35 heavy (non-hydrogen) atoms. The Kier molecular flexibility index (Phi) is 9.68. The van der Waals surface area contributed by atoms with E-state index in [4.69, 9.17) is 4.74 Å². The van der Waals surface area contributed by atoms with E-state index in [0.29, 0.717) is 23.3 Å². The van der Waals surface area contributed by atoms with Crippen molar-refractivity contribution in [3.8, 4) is 5.69 Å². The van der Waals surface area contributed by atoms with Gasteiger partial charge in [-0.15, -0.1) is 10.2 Å². The van der Waals surface area contributed by atoms with Gasteiger partial charge in [0.1, 0.15) is 12.7 Å². The third-order valence-corrected chi connectivity index (χ3v) is 6.61. The van der Waals surface area contributed by atoms with Gasteiger partial charge in [0, 0.05) is 43.4 Å². The van der Waals surface area contributed by atoms with Crippen LogP contribution in [0.25, 0.3) is 5.69 Å². The van der Waals surface area contributed by atoms with Crippen LogP contribution in [0.3, 0.4) is 0 Å². The van der Waals surface area contributed by atoms with E-state index in [9.17, 15) is 18.0 Å². The molecule has 2 atom stereocenters. The average Bonchev–Trinajstić information content (AvgIpc) is 3.55. The van der Waals surface area contributed by atoms with Gasteiger partial charge in [0.25, 0.3) is 0 Å². The van der Waals surface area contributed by atoms with Crippen LogP contribution in [0.1, 0.15) is 63.5 Å². The molecule has 1 N–H and O–H groups in total. The Balaban J connectivity index is 0.00000108. The summed E-state index contributed by atoms with van der Waals surface area (Å²) in [5.41, 5.74) is -0.0918. The molecule has 1 aliphatic heterocycles. The maximum absolute atomic E-state index is 13.4. The van der Waals surface area contributed by atoms with E-state index < -0.39 is 11.7 Å². The smallest absolute Gasteiger partial charge is 0.381 e. The number of halogens is 3. The fraction of sp³-hybridized carbons (Fsp3) is 0.640. The number of carbonyl (C=O) groups is 1. The third kappa shape index (κ3) is 7.51. The highest BCUT2D eigenvalue weighted by molar-refractivity contribution is 5.79. The lowest BCUT2D eigenvalue weighted by atomic mass is 10.0. The highest BCUT2D eigenvalue weighted by Gasteiger charge is 2.35. The van der Waals surface area contributed by atoms with Crippen LogP contribution in [-0.4, -0.2) is 57.9 Å². The molecule has 2 aliphatic rings. The van der Waals surface area contributed by atoms with Gasteiger partial charge in [0.15, 0.2) is 0 Å². The summed E-state index contributed by atoms with van der Waals surface area (Å²) < 4.78 is 46.9. The summed E-state index contributed by atoms with van der Waals surface area (Å²) in [6, 6.07) is 4.56. The minimum absolute atomic E-state index is 0.0366. The monoisotopic (exact) mass is 495 g/mol. The molecule has 0 bridgehead atoms. The summed E-state index contributed by atoms with van der Waals surface area (Å²) in [4.78, 5) is 15.1. The summed E-state index contributed by atoms with van der Waals surface area (Å²) in [5.74, 6) is -0.221. The van der Waals surface area contributed by atoms with Gasteiger partial charge in [-0.3, -0.25) is 9.36 Å². The van der Waals surface area contributed by atoms with Crippen LogP contribution in [0.15, 0.2) is 30.9 Å². The van der Waals surface area contributed by atoms with E-state index in [-0.39, 0.29) is 18.4 Å². The molecule has 1 aromatic heterocycles. The summed E-state index contributed by atoms with van der Waals surface area (Å²) >= 11 is 0. The molecule has 1 aromatic carbocycles. The van der Waals surface area contributed by atoms with Crippen molar-refractivity contribution in [1.82, 2.24) is 25.0 Å². The maximum atomic E-state index is 13.4. The lowest BCUT2D eigenvalue weighted by Crippen LogP contribution is -2.42. The molecule has 4 rings (SSSR count). The average molecular weight is 496 g/mol. The summed E-state index contributed by atoms with van der Waals surface area (Å²) in [6.07, 6.45) is 3.97. The molecule has 7 nitrogen and oxygen atoms in total. The van der Waals surface area contributed by atoms with E-state index in [1.165, 1.54) is 23.6 Å². The second-order valence-corrected chi connectivity index (χ2v) is 9.35. The van der Waals surface area contributed by atoms with E-state index in [0.717, 1.165) is 57.5 Å². The quantitative estimate of drug-likeness (QED) is 0.634. The molecule has 1 saturated heterocycles. The van der Waals surface area contributed by atoms with Crippen LogP contribution in [0, 0.1) is 5.92 Å². The SMILES string of the molecule is CCC.CN(C1CCOCC1)[C@@H]1CC[C@H](C(=O)NCc2cc(-n3cnnc3)cc(C(F)(F)F)c2)C1. The van der Waals surface area contributed by atoms with Crippen LogP contribution in [0.5, 0.6) is 0 Å². The molecule has 0 spiro atoms. The fourth-order valence-corrected chi connectivity index (χ4v) is 4.71. The van der Waals surface area contributed by atoms with Gasteiger partial charge in [-0.25, -0.2) is 0 Å². The van der Waals surface area contributed by atoms with E-state index >= 15 is 0 Å². The number of hydrogen-bond donors (Lipinski definition) is 1. The highest BCUT2D eigenvalue weighted by atomic mass is 19.4. The van der Waals surface area contributed by atoms with Crippen LogP contribution in [-0.2, 0) is 22.3 Å². The van der Waals surface area contributed by atoms with Gasteiger partial charge in [-0.1, -0.05) is 20.3 Å². The molecule has 2 fully saturated rings. The zero-order valence-corrected chi connectivity index (χ0v) is 20.7. The number of alkyl halides is 3. The number of ether oxygens (including phenoxy) is 1. The zero-order chi connectivity index (χ0) is 25.4. The van der Waals surface area contributed by atoms with Gasteiger partial charge >= 0.3 is 6.18 Å². The Labute approximate surface area is 205 Å². The van der Waals surface area contributed by atoms with E-state index in [2.05, 4.69) is 41.3 Å². The first-order valence-electron chi connectivity index (χ1n) is 12.4. The summed E-state index contributed by atoms with van der Waals surface area (Å²) in [6.45, 7) is 5.84. The van der Waals surface area contributed by atoms with Crippen LogP contribution < -0.4 is 5.32 Å².